The Labute approximate surface area is 134 Å². The molecule has 0 radical (unpaired) electrons. The van der Waals surface area contributed by atoms with Crippen molar-refractivity contribution in [2.45, 2.75) is 32.0 Å². The van der Waals surface area contributed by atoms with Gasteiger partial charge in [-0.05, 0) is 18.2 Å². The Hall–Kier alpha value is -1.92. The van der Waals surface area contributed by atoms with Crippen molar-refractivity contribution in [3.8, 4) is 0 Å². The minimum atomic E-state index is -0.444. The standard InChI is InChI=1S/C17H21N3O3/c1-2-15-18-13-4-3-12(11-14(13)19-15)16(21)20-7-5-17(6-8-20)22-9-10-23-17/h3-4,11H,2,5-10H2,1H3,(H,18,19). The topological polar surface area (TPSA) is 67.5 Å². The molecular formula is C17H21N3O3. The zero-order chi connectivity index (χ0) is 15.9. The molecule has 3 heterocycles. The summed E-state index contributed by atoms with van der Waals surface area (Å²) in [4.78, 5) is 22.4. The third-order valence-corrected chi connectivity index (χ3v) is 4.74. The molecule has 1 amide bonds. The normalized spacial score (nSPS) is 20.5. The van der Waals surface area contributed by atoms with Crippen molar-refractivity contribution < 1.29 is 14.3 Å². The van der Waals surface area contributed by atoms with Crippen molar-refractivity contribution >= 4 is 16.9 Å². The molecule has 0 unspecified atom stereocenters. The highest BCUT2D eigenvalue weighted by Gasteiger charge is 2.40. The largest absolute Gasteiger partial charge is 0.347 e. The number of amides is 1. The number of aromatic nitrogens is 2. The number of piperidine rings is 1. The van der Waals surface area contributed by atoms with Crippen LogP contribution in [0.15, 0.2) is 18.2 Å². The molecule has 2 fully saturated rings. The van der Waals surface area contributed by atoms with Crippen LogP contribution in [0.1, 0.15) is 35.9 Å². The molecule has 2 aliphatic rings. The molecule has 23 heavy (non-hydrogen) atoms. The number of hydrogen-bond donors (Lipinski definition) is 1. The van der Waals surface area contributed by atoms with Crippen molar-refractivity contribution in [2.24, 2.45) is 0 Å². The predicted molar refractivity (Wildman–Crippen MR) is 85.2 cm³/mol. The van der Waals surface area contributed by atoms with E-state index in [2.05, 4.69) is 16.9 Å². The van der Waals surface area contributed by atoms with Crippen LogP contribution in [0, 0.1) is 0 Å². The summed E-state index contributed by atoms with van der Waals surface area (Å²) < 4.78 is 11.4. The highest BCUT2D eigenvalue weighted by atomic mass is 16.7. The summed E-state index contributed by atoms with van der Waals surface area (Å²) >= 11 is 0. The van der Waals surface area contributed by atoms with Gasteiger partial charge in [-0.1, -0.05) is 6.92 Å². The maximum absolute atomic E-state index is 12.7. The van der Waals surface area contributed by atoms with Crippen LogP contribution in [0.4, 0.5) is 0 Å². The molecule has 0 atom stereocenters. The summed E-state index contributed by atoms with van der Waals surface area (Å²) in [6.07, 6.45) is 2.34. The van der Waals surface area contributed by atoms with E-state index < -0.39 is 5.79 Å². The van der Waals surface area contributed by atoms with Crippen LogP contribution in [0.2, 0.25) is 0 Å². The summed E-state index contributed by atoms with van der Waals surface area (Å²) in [5, 5.41) is 0. The van der Waals surface area contributed by atoms with E-state index in [0.717, 1.165) is 36.1 Å². The smallest absolute Gasteiger partial charge is 0.253 e. The minimum Gasteiger partial charge on any atom is -0.347 e. The summed E-state index contributed by atoms with van der Waals surface area (Å²) in [6.45, 7) is 4.70. The van der Waals surface area contributed by atoms with Gasteiger partial charge in [0.05, 0.1) is 24.2 Å². The van der Waals surface area contributed by atoms with E-state index in [1.165, 1.54) is 0 Å². The van der Waals surface area contributed by atoms with Crippen molar-refractivity contribution in [1.82, 2.24) is 14.9 Å². The summed E-state index contributed by atoms with van der Waals surface area (Å²) in [6, 6.07) is 5.67. The monoisotopic (exact) mass is 315 g/mol. The van der Waals surface area contributed by atoms with Gasteiger partial charge in [-0.25, -0.2) is 4.98 Å². The van der Waals surface area contributed by atoms with E-state index >= 15 is 0 Å². The Kier molecular flexibility index (Phi) is 3.58. The fraction of sp³-hybridized carbons (Fsp3) is 0.529. The summed E-state index contributed by atoms with van der Waals surface area (Å²) in [5.41, 5.74) is 2.53. The zero-order valence-corrected chi connectivity index (χ0v) is 13.3. The zero-order valence-electron chi connectivity index (χ0n) is 13.3. The lowest BCUT2D eigenvalue weighted by Crippen LogP contribution is -2.47. The number of benzene rings is 1. The second-order valence-corrected chi connectivity index (χ2v) is 6.17. The highest BCUT2D eigenvalue weighted by Crippen LogP contribution is 2.31. The lowest BCUT2D eigenvalue weighted by atomic mass is 10.0. The van der Waals surface area contributed by atoms with Crippen molar-refractivity contribution in [3.05, 3.63) is 29.6 Å². The molecule has 6 nitrogen and oxygen atoms in total. The van der Waals surface area contributed by atoms with Crippen LogP contribution in [0.5, 0.6) is 0 Å². The van der Waals surface area contributed by atoms with Crippen LogP contribution >= 0.6 is 0 Å². The SMILES string of the molecule is CCc1nc2ccc(C(=O)N3CCC4(CC3)OCCO4)cc2[nH]1. The van der Waals surface area contributed by atoms with E-state index in [4.69, 9.17) is 9.47 Å². The van der Waals surface area contributed by atoms with Crippen molar-refractivity contribution in [1.29, 1.82) is 0 Å². The fourth-order valence-corrected chi connectivity index (χ4v) is 3.38. The van der Waals surface area contributed by atoms with E-state index in [0.29, 0.717) is 31.9 Å². The third kappa shape index (κ3) is 2.62. The van der Waals surface area contributed by atoms with E-state index in [9.17, 15) is 4.79 Å². The van der Waals surface area contributed by atoms with Gasteiger partial charge in [0.15, 0.2) is 5.79 Å². The second-order valence-electron chi connectivity index (χ2n) is 6.17. The third-order valence-electron chi connectivity index (χ3n) is 4.74. The number of imidazole rings is 1. The van der Waals surface area contributed by atoms with Crippen molar-refractivity contribution in [2.75, 3.05) is 26.3 Å². The number of aromatic amines is 1. The molecule has 122 valence electrons. The Bertz CT molecular complexity index is 724. The van der Waals surface area contributed by atoms with Gasteiger partial charge in [0.1, 0.15) is 5.82 Å². The minimum absolute atomic E-state index is 0.0624. The van der Waals surface area contributed by atoms with Crippen LogP contribution < -0.4 is 0 Å². The van der Waals surface area contributed by atoms with Gasteiger partial charge in [-0.15, -0.1) is 0 Å². The molecule has 0 bridgehead atoms. The van der Waals surface area contributed by atoms with Gasteiger partial charge in [-0.2, -0.15) is 0 Å². The fourth-order valence-electron chi connectivity index (χ4n) is 3.38. The number of H-pyrrole nitrogens is 1. The first-order chi connectivity index (χ1) is 11.2. The van der Waals surface area contributed by atoms with Gasteiger partial charge in [0.25, 0.3) is 5.91 Å². The van der Waals surface area contributed by atoms with Gasteiger partial charge < -0.3 is 19.4 Å². The average Bonchev–Trinajstić information content (AvgIpc) is 3.21. The molecule has 0 aliphatic carbocycles. The molecule has 1 N–H and O–H groups in total. The number of rotatable bonds is 2. The highest BCUT2D eigenvalue weighted by molar-refractivity contribution is 5.97. The first-order valence-corrected chi connectivity index (χ1v) is 8.25. The van der Waals surface area contributed by atoms with Gasteiger partial charge in [-0.3, -0.25) is 4.79 Å². The second kappa shape index (κ2) is 5.62. The Morgan fingerprint density at radius 3 is 2.74 bits per heavy atom. The molecule has 2 saturated heterocycles. The number of nitrogens with zero attached hydrogens (tertiary/aromatic N) is 2. The quantitative estimate of drug-likeness (QED) is 0.921. The van der Waals surface area contributed by atoms with Crippen LogP contribution in [0.3, 0.4) is 0 Å². The number of ether oxygens (including phenoxy) is 2. The molecule has 0 saturated carbocycles. The maximum atomic E-state index is 12.7. The molecule has 4 rings (SSSR count). The molecule has 2 aromatic rings. The lowest BCUT2D eigenvalue weighted by Gasteiger charge is -2.37. The number of hydrogen-bond acceptors (Lipinski definition) is 4. The first kappa shape index (κ1) is 14.7. The Balaban J connectivity index is 1.50. The summed E-state index contributed by atoms with van der Waals surface area (Å²) in [5.74, 6) is 0.563. The van der Waals surface area contributed by atoms with E-state index in [1.54, 1.807) is 0 Å². The number of fused-ring (bicyclic) bond motifs is 1. The van der Waals surface area contributed by atoms with Crippen LogP contribution in [0.25, 0.3) is 11.0 Å². The van der Waals surface area contributed by atoms with Gasteiger partial charge in [0.2, 0.25) is 0 Å². The predicted octanol–water partition coefficient (Wildman–Crippen LogP) is 2.10. The van der Waals surface area contributed by atoms with Crippen LogP contribution in [-0.4, -0.2) is 52.9 Å². The Morgan fingerprint density at radius 1 is 1.30 bits per heavy atom. The average molecular weight is 315 g/mol. The number of carbonyl (C=O) groups excluding carboxylic acids is 1. The Morgan fingerprint density at radius 2 is 2.04 bits per heavy atom. The molecule has 1 spiro atoms. The van der Waals surface area contributed by atoms with E-state index in [1.807, 2.05) is 23.1 Å². The molecule has 6 heteroatoms. The van der Waals surface area contributed by atoms with E-state index in [-0.39, 0.29) is 5.91 Å². The summed E-state index contributed by atoms with van der Waals surface area (Å²) in [7, 11) is 0. The van der Waals surface area contributed by atoms with Crippen molar-refractivity contribution in [3.63, 3.8) is 0 Å². The van der Waals surface area contributed by atoms with Gasteiger partial charge in [0, 0.05) is 37.9 Å². The number of carbonyl (C=O) groups is 1. The van der Waals surface area contributed by atoms with Gasteiger partial charge >= 0.3 is 0 Å². The molecule has 2 aliphatic heterocycles. The lowest BCUT2D eigenvalue weighted by molar-refractivity contribution is -0.181. The maximum Gasteiger partial charge on any atom is 0.253 e. The number of likely N-dealkylation sites (tertiary alicyclic amines) is 1. The van der Waals surface area contributed by atoms with Crippen LogP contribution in [-0.2, 0) is 15.9 Å². The molecule has 1 aromatic heterocycles. The number of aryl methyl sites for hydroxylation is 1. The molecular weight excluding hydrogens is 294 g/mol. The first-order valence-electron chi connectivity index (χ1n) is 8.25. The number of nitrogens with one attached hydrogen (secondary N) is 1. The molecule has 1 aromatic carbocycles.